The van der Waals surface area contributed by atoms with Gasteiger partial charge in [-0.1, -0.05) is 28.4 Å². The van der Waals surface area contributed by atoms with Crippen LogP contribution in [0.3, 0.4) is 0 Å². The normalized spacial score (nSPS) is 13.0. The first kappa shape index (κ1) is 16.6. The fourth-order valence-corrected chi connectivity index (χ4v) is 2.61. The second kappa shape index (κ2) is 6.13. The van der Waals surface area contributed by atoms with Gasteiger partial charge in [-0.3, -0.25) is 9.59 Å². The number of halogens is 2. The largest absolute Gasteiger partial charge is 0.401 e. The van der Waals surface area contributed by atoms with Crippen molar-refractivity contribution in [1.29, 1.82) is 0 Å². The summed E-state index contributed by atoms with van der Waals surface area (Å²) in [6.07, 6.45) is 0. The van der Waals surface area contributed by atoms with E-state index in [0.717, 1.165) is 18.2 Å². The Bertz CT molecular complexity index is 1050. The first-order valence-electron chi connectivity index (χ1n) is 7.58. The van der Waals surface area contributed by atoms with E-state index in [1.807, 2.05) is 0 Å². The van der Waals surface area contributed by atoms with Gasteiger partial charge in [-0.05, 0) is 24.3 Å². The Morgan fingerprint density at radius 3 is 2.15 bits per heavy atom. The average Bonchev–Trinajstić information content (AvgIpc) is 3.22. The maximum Gasteiger partial charge on any atom is 0.401 e. The van der Waals surface area contributed by atoms with E-state index >= 15 is 0 Å². The number of imide groups is 1. The number of amides is 2. The molecule has 0 N–H and O–H groups in total. The molecule has 1 aliphatic heterocycles. The molecule has 0 aliphatic carbocycles. The minimum atomic E-state index is -1.22. The molecule has 4 rings (SSSR count). The number of fused-ring (bicyclic) bond motifs is 1. The molecule has 0 spiro atoms. The van der Waals surface area contributed by atoms with Crippen LogP contribution < -0.4 is 0 Å². The molecule has 134 valence electrons. The van der Waals surface area contributed by atoms with E-state index in [4.69, 9.17) is 9.36 Å². The van der Waals surface area contributed by atoms with Crippen molar-refractivity contribution < 1.29 is 32.5 Å². The highest BCUT2D eigenvalue weighted by Crippen LogP contribution is 2.27. The van der Waals surface area contributed by atoms with Crippen LogP contribution in [-0.4, -0.2) is 28.0 Å². The quantitative estimate of drug-likeness (QED) is 0.659. The van der Waals surface area contributed by atoms with Crippen molar-refractivity contribution in [2.75, 3.05) is 0 Å². The molecule has 1 aliphatic rings. The van der Waals surface area contributed by atoms with Crippen LogP contribution in [0.2, 0.25) is 0 Å². The van der Waals surface area contributed by atoms with Crippen LogP contribution in [0.15, 0.2) is 53.1 Å². The smallest absolute Gasteiger partial charge is 0.348 e. The maximum absolute atomic E-state index is 13.8. The second-order valence-electron chi connectivity index (χ2n) is 5.50. The average molecular weight is 370 g/mol. The van der Waals surface area contributed by atoms with Gasteiger partial charge in [-0.25, -0.2) is 13.6 Å². The summed E-state index contributed by atoms with van der Waals surface area (Å²) in [5.74, 6) is -5.19. The topological polar surface area (TPSA) is 89.7 Å². The maximum atomic E-state index is 13.8. The van der Waals surface area contributed by atoms with Crippen molar-refractivity contribution in [3.63, 3.8) is 0 Å². The molecule has 0 unspecified atom stereocenters. The summed E-state index contributed by atoms with van der Waals surface area (Å²) < 4.78 is 32.3. The third kappa shape index (κ3) is 2.65. The summed E-state index contributed by atoms with van der Waals surface area (Å²) >= 11 is 0. The molecule has 0 saturated carbocycles. The Hall–Kier alpha value is -3.88. The Morgan fingerprint density at radius 1 is 0.963 bits per heavy atom. The molecule has 0 radical (unpaired) electrons. The number of hydrogen-bond acceptors (Lipinski definition) is 6. The second-order valence-corrected chi connectivity index (χ2v) is 5.50. The molecule has 2 heterocycles. The van der Waals surface area contributed by atoms with Crippen molar-refractivity contribution in [2.24, 2.45) is 0 Å². The molecular weight excluding hydrogens is 362 g/mol. The fraction of sp³-hybridized carbons (Fsp3) is 0. The van der Waals surface area contributed by atoms with Crippen LogP contribution in [0, 0.1) is 11.6 Å². The van der Waals surface area contributed by atoms with E-state index in [9.17, 15) is 23.2 Å². The van der Waals surface area contributed by atoms with Crippen molar-refractivity contribution in [2.45, 2.75) is 0 Å². The number of nitrogens with zero attached hydrogens (tertiary/aromatic N) is 2. The highest BCUT2D eigenvalue weighted by atomic mass is 19.1. The van der Waals surface area contributed by atoms with Crippen LogP contribution in [0.5, 0.6) is 0 Å². The third-order valence-corrected chi connectivity index (χ3v) is 3.86. The molecular formula is C18H8F2N2O5. The lowest BCUT2D eigenvalue weighted by atomic mass is 10.1. The van der Waals surface area contributed by atoms with E-state index in [1.165, 1.54) is 18.2 Å². The Labute approximate surface area is 149 Å². The van der Waals surface area contributed by atoms with Crippen LogP contribution >= 0.6 is 0 Å². The predicted octanol–water partition coefficient (Wildman–Crippen LogP) is 2.99. The molecule has 0 bridgehead atoms. The zero-order valence-corrected chi connectivity index (χ0v) is 13.3. The molecule has 2 aromatic carbocycles. The third-order valence-electron chi connectivity index (χ3n) is 3.86. The van der Waals surface area contributed by atoms with Gasteiger partial charge in [0.2, 0.25) is 5.76 Å². The Balaban J connectivity index is 1.58. The summed E-state index contributed by atoms with van der Waals surface area (Å²) in [6.45, 7) is 0. The highest BCUT2D eigenvalue weighted by molar-refractivity contribution is 6.21. The van der Waals surface area contributed by atoms with Gasteiger partial charge in [0.1, 0.15) is 17.3 Å². The summed E-state index contributed by atoms with van der Waals surface area (Å²) in [6, 6.07) is 10.1. The number of rotatable bonds is 3. The lowest BCUT2D eigenvalue weighted by Crippen LogP contribution is -2.32. The van der Waals surface area contributed by atoms with Gasteiger partial charge in [0.25, 0.3) is 11.8 Å². The lowest BCUT2D eigenvalue weighted by Gasteiger charge is -2.10. The van der Waals surface area contributed by atoms with E-state index in [1.54, 1.807) is 12.1 Å². The van der Waals surface area contributed by atoms with Gasteiger partial charge in [0.15, 0.2) is 0 Å². The first-order chi connectivity index (χ1) is 13.0. The van der Waals surface area contributed by atoms with Crippen LogP contribution in [0.1, 0.15) is 31.3 Å². The van der Waals surface area contributed by atoms with E-state index < -0.39 is 40.7 Å². The monoisotopic (exact) mass is 370 g/mol. The number of carbonyl (C=O) groups excluding carboxylic acids is 3. The van der Waals surface area contributed by atoms with Crippen molar-refractivity contribution >= 4 is 17.8 Å². The number of carbonyl (C=O) groups is 3. The molecule has 3 aromatic rings. The number of benzene rings is 2. The fourth-order valence-electron chi connectivity index (χ4n) is 2.61. The van der Waals surface area contributed by atoms with Gasteiger partial charge < -0.3 is 9.36 Å². The van der Waals surface area contributed by atoms with Gasteiger partial charge >= 0.3 is 5.97 Å². The van der Waals surface area contributed by atoms with E-state index in [0.29, 0.717) is 5.06 Å². The van der Waals surface area contributed by atoms with Crippen molar-refractivity contribution in [3.05, 3.63) is 77.1 Å². The zero-order valence-electron chi connectivity index (χ0n) is 13.3. The number of hydrogen-bond donors (Lipinski definition) is 0. The predicted molar refractivity (Wildman–Crippen MR) is 84.2 cm³/mol. The molecule has 9 heteroatoms. The molecule has 2 amide bonds. The molecule has 27 heavy (non-hydrogen) atoms. The summed E-state index contributed by atoms with van der Waals surface area (Å²) in [4.78, 5) is 41.3. The van der Waals surface area contributed by atoms with Gasteiger partial charge in [-0.2, -0.15) is 0 Å². The first-order valence-corrected chi connectivity index (χ1v) is 7.58. The highest BCUT2D eigenvalue weighted by Gasteiger charge is 2.39. The molecule has 7 nitrogen and oxygen atoms in total. The zero-order chi connectivity index (χ0) is 19.1. The summed E-state index contributed by atoms with van der Waals surface area (Å²) in [5.41, 5.74) is -0.593. The molecule has 1 aromatic heterocycles. The Kier molecular flexibility index (Phi) is 3.76. The van der Waals surface area contributed by atoms with Gasteiger partial charge in [0, 0.05) is 6.07 Å². The SMILES string of the molecule is O=C(ON1C(=O)c2ccccc2C1=O)c1cc(-c2c(F)cccc2F)no1. The lowest BCUT2D eigenvalue weighted by molar-refractivity contribution is -0.0607. The summed E-state index contributed by atoms with van der Waals surface area (Å²) in [7, 11) is 0. The van der Waals surface area contributed by atoms with Crippen molar-refractivity contribution in [3.8, 4) is 11.3 Å². The summed E-state index contributed by atoms with van der Waals surface area (Å²) in [5, 5.41) is 3.73. The van der Waals surface area contributed by atoms with E-state index in [-0.39, 0.29) is 16.8 Å². The van der Waals surface area contributed by atoms with Gasteiger partial charge in [0.05, 0.1) is 16.7 Å². The van der Waals surface area contributed by atoms with Crippen LogP contribution in [-0.2, 0) is 4.84 Å². The standard InChI is InChI=1S/C18H8F2N2O5/c19-11-6-3-7-12(20)15(11)13-8-14(26-21-13)18(25)27-22-16(23)9-4-1-2-5-10(9)17(22)24/h1-8H. The van der Waals surface area contributed by atoms with Gasteiger partial charge in [-0.15, -0.1) is 0 Å². The molecule has 0 saturated heterocycles. The van der Waals surface area contributed by atoms with Crippen LogP contribution in [0.4, 0.5) is 8.78 Å². The molecule has 0 fully saturated rings. The molecule has 0 atom stereocenters. The number of hydroxylamine groups is 2. The van der Waals surface area contributed by atoms with E-state index in [2.05, 4.69) is 5.16 Å². The minimum Gasteiger partial charge on any atom is -0.348 e. The number of aromatic nitrogens is 1. The minimum absolute atomic E-state index is 0.0852. The van der Waals surface area contributed by atoms with Crippen LogP contribution in [0.25, 0.3) is 11.3 Å². The van der Waals surface area contributed by atoms with Crippen molar-refractivity contribution in [1.82, 2.24) is 10.2 Å². The Morgan fingerprint density at radius 2 is 1.56 bits per heavy atom.